The van der Waals surface area contributed by atoms with Gasteiger partial charge in [-0.1, -0.05) is 0 Å². The molecular formula is C9H6FIN2O2. The first-order chi connectivity index (χ1) is 7.08. The number of fused-ring (bicyclic) bond motifs is 1. The van der Waals surface area contributed by atoms with Crippen LogP contribution in [-0.2, 0) is 11.3 Å². The molecule has 0 aliphatic rings. The van der Waals surface area contributed by atoms with E-state index in [1.54, 1.807) is 0 Å². The highest BCUT2D eigenvalue weighted by Crippen LogP contribution is 2.21. The summed E-state index contributed by atoms with van der Waals surface area (Å²) in [5.41, 5.74) is 0.628. The highest BCUT2D eigenvalue weighted by Gasteiger charge is 2.10. The van der Waals surface area contributed by atoms with E-state index in [1.807, 2.05) is 22.6 Å². The zero-order chi connectivity index (χ0) is 11.0. The molecule has 2 aromatic rings. The fraction of sp³-hybridized carbons (Fsp3) is 0.111. The first kappa shape index (κ1) is 10.3. The minimum atomic E-state index is -0.972. The molecule has 4 nitrogen and oxygen atoms in total. The van der Waals surface area contributed by atoms with Gasteiger partial charge in [0.15, 0.2) is 0 Å². The Morgan fingerprint density at radius 2 is 2.33 bits per heavy atom. The molecule has 0 fully saturated rings. The van der Waals surface area contributed by atoms with Crippen molar-refractivity contribution in [2.24, 2.45) is 0 Å². The molecular weight excluding hydrogens is 314 g/mol. The first-order valence-electron chi connectivity index (χ1n) is 4.11. The third-order valence-electron chi connectivity index (χ3n) is 1.95. The van der Waals surface area contributed by atoms with E-state index in [1.165, 1.54) is 22.9 Å². The van der Waals surface area contributed by atoms with Gasteiger partial charge < -0.3 is 5.11 Å². The number of carboxylic acid groups (broad SMARTS) is 1. The monoisotopic (exact) mass is 320 g/mol. The molecule has 78 valence electrons. The van der Waals surface area contributed by atoms with Crippen LogP contribution in [0.25, 0.3) is 10.9 Å². The van der Waals surface area contributed by atoms with Crippen LogP contribution >= 0.6 is 22.6 Å². The number of hydrogen-bond donors (Lipinski definition) is 1. The minimum absolute atomic E-state index is 0.217. The Morgan fingerprint density at radius 3 is 3.00 bits per heavy atom. The van der Waals surface area contributed by atoms with Gasteiger partial charge in [0, 0.05) is 5.39 Å². The maximum absolute atomic E-state index is 12.9. The van der Waals surface area contributed by atoms with Crippen molar-refractivity contribution in [3.8, 4) is 0 Å². The SMILES string of the molecule is O=C(O)Cn1nc(I)c2cc(F)ccc21. The van der Waals surface area contributed by atoms with E-state index >= 15 is 0 Å². The average Bonchev–Trinajstić information content (AvgIpc) is 2.42. The lowest BCUT2D eigenvalue weighted by molar-refractivity contribution is -0.137. The summed E-state index contributed by atoms with van der Waals surface area (Å²) >= 11 is 1.95. The van der Waals surface area contributed by atoms with E-state index in [9.17, 15) is 9.18 Å². The summed E-state index contributed by atoms with van der Waals surface area (Å²) in [6, 6.07) is 4.17. The Morgan fingerprint density at radius 1 is 1.60 bits per heavy atom. The van der Waals surface area contributed by atoms with Crippen LogP contribution in [0.2, 0.25) is 0 Å². The minimum Gasteiger partial charge on any atom is -0.480 e. The number of nitrogens with zero attached hydrogens (tertiary/aromatic N) is 2. The molecule has 0 saturated heterocycles. The third-order valence-corrected chi connectivity index (χ3v) is 2.75. The Kier molecular flexibility index (Phi) is 2.59. The maximum Gasteiger partial charge on any atom is 0.325 e. The van der Waals surface area contributed by atoms with Gasteiger partial charge in [-0.15, -0.1) is 0 Å². The van der Waals surface area contributed by atoms with Gasteiger partial charge in [-0.2, -0.15) is 5.10 Å². The fourth-order valence-corrected chi connectivity index (χ4v) is 2.05. The molecule has 1 aromatic heterocycles. The van der Waals surface area contributed by atoms with Crippen LogP contribution < -0.4 is 0 Å². The number of halogens is 2. The van der Waals surface area contributed by atoms with E-state index in [4.69, 9.17) is 5.11 Å². The van der Waals surface area contributed by atoms with Crippen LogP contribution in [0.1, 0.15) is 0 Å². The molecule has 0 bridgehead atoms. The molecule has 0 radical (unpaired) electrons. The Balaban J connectivity index is 2.62. The maximum atomic E-state index is 12.9. The van der Waals surface area contributed by atoms with Crippen LogP contribution in [0.15, 0.2) is 18.2 Å². The van der Waals surface area contributed by atoms with Crippen LogP contribution in [0, 0.1) is 9.52 Å². The topological polar surface area (TPSA) is 55.1 Å². The van der Waals surface area contributed by atoms with E-state index in [0.29, 0.717) is 14.6 Å². The fourth-order valence-electron chi connectivity index (χ4n) is 1.36. The zero-order valence-electron chi connectivity index (χ0n) is 7.44. The van der Waals surface area contributed by atoms with Crippen molar-refractivity contribution >= 4 is 39.5 Å². The van der Waals surface area contributed by atoms with E-state index in [-0.39, 0.29) is 12.4 Å². The van der Waals surface area contributed by atoms with Gasteiger partial charge in [0.1, 0.15) is 16.1 Å². The van der Waals surface area contributed by atoms with Crippen molar-refractivity contribution in [2.45, 2.75) is 6.54 Å². The van der Waals surface area contributed by atoms with Gasteiger partial charge in [0.05, 0.1) is 5.52 Å². The molecule has 1 N–H and O–H groups in total. The zero-order valence-corrected chi connectivity index (χ0v) is 9.60. The van der Waals surface area contributed by atoms with Crippen molar-refractivity contribution in [2.75, 3.05) is 0 Å². The standard InChI is InChI=1S/C9H6FIN2O2/c10-5-1-2-7-6(3-5)9(11)12-13(7)4-8(14)15/h1-3H,4H2,(H,14,15). The molecule has 0 amide bonds. The lowest BCUT2D eigenvalue weighted by atomic mass is 10.2. The summed E-state index contributed by atoms with van der Waals surface area (Å²) in [6.45, 7) is -0.217. The van der Waals surface area contributed by atoms with Crippen molar-refractivity contribution in [1.29, 1.82) is 0 Å². The van der Waals surface area contributed by atoms with Crippen molar-refractivity contribution in [3.05, 3.63) is 27.7 Å². The number of carboxylic acids is 1. The van der Waals surface area contributed by atoms with Gasteiger partial charge in [-0.05, 0) is 40.8 Å². The molecule has 1 heterocycles. The summed E-state index contributed by atoms with van der Waals surface area (Å²) in [6.07, 6.45) is 0. The molecule has 0 saturated carbocycles. The van der Waals surface area contributed by atoms with Gasteiger partial charge in [0.25, 0.3) is 0 Å². The van der Waals surface area contributed by atoms with Gasteiger partial charge in [-0.25, -0.2) is 4.39 Å². The van der Waals surface area contributed by atoms with Crippen LogP contribution in [0.4, 0.5) is 4.39 Å². The molecule has 6 heteroatoms. The molecule has 1 aromatic carbocycles. The quantitative estimate of drug-likeness (QED) is 0.860. The van der Waals surface area contributed by atoms with Crippen LogP contribution in [0.3, 0.4) is 0 Å². The summed E-state index contributed by atoms with van der Waals surface area (Å²) in [4.78, 5) is 10.6. The average molecular weight is 320 g/mol. The van der Waals surface area contributed by atoms with Crippen LogP contribution in [0.5, 0.6) is 0 Å². The number of rotatable bonds is 2. The molecule has 0 aliphatic carbocycles. The summed E-state index contributed by atoms with van der Waals surface area (Å²) < 4.78 is 14.9. The predicted octanol–water partition coefficient (Wildman–Crippen LogP) is 1.86. The van der Waals surface area contributed by atoms with Gasteiger partial charge >= 0.3 is 5.97 Å². The summed E-state index contributed by atoms with van der Waals surface area (Å²) in [5, 5.41) is 13.3. The van der Waals surface area contributed by atoms with Crippen molar-refractivity contribution in [3.63, 3.8) is 0 Å². The second kappa shape index (κ2) is 3.76. The summed E-state index contributed by atoms with van der Waals surface area (Å²) in [5.74, 6) is -1.32. The molecule has 15 heavy (non-hydrogen) atoms. The molecule has 0 aliphatic heterocycles. The van der Waals surface area contributed by atoms with E-state index < -0.39 is 5.97 Å². The number of aliphatic carboxylic acids is 1. The van der Waals surface area contributed by atoms with Crippen molar-refractivity contribution in [1.82, 2.24) is 9.78 Å². The second-order valence-electron chi connectivity index (χ2n) is 3.00. The molecule has 0 atom stereocenters. The second-order valence-corrected chi connectivity index (χ2v) is 4.03. The molecule has 2 rings (SSSR count). The molecule has 0 spiro atoms. The number of aromatic nitrogens is 2. The van der Waals surface area contributed by atoms with E-state index in [0.717, 1.165) is 0 Å². The van der Waals surface area contributed by atoms with Gasteiger partial charge in [0.2, 0.25) is 0 Å². The van der Waals surface area contributed by atoms with Crippen molar-refractivity contribution < 1.29 is 14.3 Å². The Labute approximate surface area is 97.8 Å². The number of carbonyl (C=O) groups is 1. The normalized spacial score (nSPS) is 10.8. The predicted molar refractivity (Wildman–Crippen MR) is 60.0 cm³/mol. The highest BCUT2D eigenvalue weighted by atomic mass is 127. The summed E-state index contributed by atoms with van der Waals surface area (Å²) in [7, 11) is 0. The third kappa shape index (κ3) is 1.94. The molecule has 0 unspecified atom stereocenters. The Hall–Kier alpha value is -1.18. The lowest BCUT2D eigenvalue weighted by Gasteiger charge is -1.97. The smallest absolute Gasteiger partial charge is 0.325 e. The van der Waals surface area contributed by atoms with Crippen LogP contribution in [-0.4, -0.2) is 20.9 Å². The highest BCUT2D eigenvalue weighted by molar-refractivity contribution is 14.1. The van der Waals surface area contributed by atoms with Gasteiger partial charge in [-0.3, -0.25) is 9.48 Å². The number of benzene rings is 1. The van der Waals surface area contributed by atoms with E-state index in [2.05, 4.69) is 5.10 Å². The largest absolute Gasteiger partial charge is 0.480 e. The lowest BCUT2D eigenvalue weighted by Crippen LogP contribution is -2.09. The first-order valence-corrected chi connectivity index (χ1v) is 5.19. The number of hydrogen-bond acceptors (Lipinski definition) is 2. The Bertz CT molecular complexity index is 538.